The van der Waals surface area contributed by atoms with Crippen LogP contribution in [0, 0.1) is 5.92 Å². The van der Waals surface area contributed by atoms with Gasteiger partial charge in [-0.15, -0.1) is 10.2 Å². The average molecular weight is 320 g/mol. The second kappa shape index (κ2) is 6.86. The maximum atomic E-state index is 12.6. The van der Waals surface area contributed by atoms with E-state index in [0.717, 1.165) is 63.8 Å². The van der Waals surface area contributed by atoms with Gasteiger partial charge in [-0.2, -0.15) is 0 Å². The number of aromatic nitrogens is 3. The summed E-state index contributed by atoms with van der Waals surface area (Å²) in [6.07, 6.45) is 2.11. The molecule has 1 aromatic heterocycles. The minimum atomic E-state index is -0.0777. The smallest absolute Gasteiger partial charge is 0.318 e. The summed E-state index contributed by atoms with van der Waals surface area (Å²) in [5, 5.41) is 11.8. The molecule has 128 valence electrons. The Bertz CT molecular complexity index is 547. The Morgan fingerprint density at radius 1 is 1.17 bits per heavy atom. The van der Waals surface area contributed by atoms with Crippen molar-refractivity contribution >= 4 is 6.03 Å². The van der Waals surface area contributed by atoms with Crippen molar-refractivity contribution in [2.45, 2.75) is 46.2 Å². The van der Waals surface area contributed by atoms with Crippen molar-refractivity contribution in [1.82, 2.24) is 29.9 Å². The maximum Gasteiger partial charge on any atom is 0.318 e. The lowest BCUT2D eigenvalue weighted by Crippen LogP contribution is -2.52. The first-order chi connectivity index (χ1) is 11.1. The van der Waals surface area contributed by atoms with Crippen molar-refractivity contribution in [3.8, 4) is 0 Å². The molecule has 2 aliphatic heterocycles. The molecule has 1 atom stereocenters. The standard InChI is InChI=1S/C16H28N6O/c1-4-20-8-10-21(11-9-20)16(23)17-14(12(2)3)15-19-18-13-6-5-7-22(13)15/h12,14H,4-11H2,1-3H3,(H,17,23). The molecule has 0 saturated carbocycles. The molecule has 3 heterocycles. The summed E-state index contributed by atoms with van der Waals surface area (Å²) in [7, 11) is 0. The van der Waals surface area contributed by atoms with Crippen LogP contribution in [0.2, 0.25) is 0 Å². The predicted octanol–water partition coefficient (Wildman–Crippen LogP) is 1.27. The minimum absolute atomic E-state index is 0.0230. The molecule has 2 aliphatic rings. The number of hydrogen-bond donors (Lipinski definition) is 1. The lowest BCUT2D eigenvalue weighted by atomic mass is 10.0. The Morgan fingerprint density at radius 2 is 1.91 bits per heavy atom. The van der Waals surface area contributed by atoms with Crippen molar-refractivity contribution in [1.29, 1.82) is 0 Å². The van der Waals surface area contributed by atoms with Gasteiger partial charge in [0.05, 0.1) is 6.04 Å². The largest absolute Gasteiger partial charge is 0.328 e. The SMILES string of the molecule is CCN1CCN(C(=O)NC(c2nnc3n2CCC3)C(C)C)CC1. The lowest BCUT2D eigenvalue weighted by molar-refractivity contribution is 0.138. The number of likely N-dealkylation sites (N-methyl/N-ethyl adjacent to an activating group) is 1. The maximum absolute atomic E-state index is 12.6. The van der Waals surface area contributed by atoms with Crippen molar-refractivity contribution < 1.29 is 4.79 Å². The quantitative estimate of drug-likeness (QED) is 0.907. The molecule has 0 bridgehead atoms. The second-order valence-corrected chi connectivity index (χ2v) is 6.82. The van der Waals surface area contributed by atoms with Crippen LogP contribution in [0.1, 0.15) is 44.9 Å². The van der Waals surface area contributed by atoms with E-state index in [2.05, 4.69) is 45.8 Å². The Morgan fingerprint density at radius 3 is 2.57 bits per heavy atom. The number of urea groups is 1. The number of amides is 2. The average Bonchev–Trinajstić information content (AvgIpc) is 3.16. The fraction of sp³-hybridized carbons (Fsp3) is 0.812. The third kappa shape index (κ3) is 3.34. The van der Waals surface area contributed by atoms with E-state index in [-0.39, 0.29) is 18.0 Å². The zero-order valence-electron chi connectivity index (χ0n) is 14.5. The minimum Gasteiger partial charge on any atom is -0.328 e. The molecule has 1 saturated heterocycles. The van der Waals surface area contributed by atoms with Gasteiger partial charge in [0.2, 0.25) is 0 Å². The highest BCUT2D eigenvalue weighted by Gasteiger charge is 2.29. The molecular weight excluding hydrogens is 292 g/mol. The van der Waals surface area contributed by atoms with Gasteiger partial charge in [-0.25, -0.2) is 4.79 Å². The summed E-state index contributed by atoms with van der Waals surface area (Å²) in [5.74, 6) is 2.24. The van der Waals surface area contributed by atoms with Crippen LogP contribution in [0.25, 0.3) is 0 Å². The van der Waals surface area contributed by atoms with E-state index in [9.17, 15) is 4.79 Å². The molecule has 1 N–H and O–H groups in total. The van der Waals surface area contributed by atoms with Crippen LogP contribution in [0.4, 0.5) is 4.79 Å². The fourth-order valence-electron chi connectivity index (χ4n) is 3.42. The van der Waals surface area contributed by atoms with Gasteiger partial charge in [-0.05, 0) is 18.9 Å². The highest BCUT2D eigenvalue weighted by Crippen LogP contribution is 2.24. The fourth-order valence-corrected chi connectivity index (χ4v) is 3.42. The molecule has 2 amide bonds. The Hall–Kier alpha value is -1.63. The molecule has 1 aromatic rings. The second-order valence-electron chi connectivity index (χ2n) is 6.82. The van der Waals surface area contributed by atoms with Gasteiger partial charge in [0.25, 0.3) is 0 Å². The first-order valence-electron chi connectivity index (χ1n) is 8.80. The van der Waals surface area contributed by atoms with Crippen molar-refractivity contribution in [3.05, 3.63) is 11.6 Å². The van der Waals surface area contributed by atoms with E-state index in [1.165, 1.54) is 0 Å². The Kier molecular flexibility index (Phi) is 4.84. The molecule has 0 aromatic carbocycles. The monoisotopic (exact) mass is 320 g/mol. The molecule has 0 radical (unpaired) electrons. The van der Waals surface area contributed by atoms with E-state index >= 15 is 0 Å². The molecule has 0 aliphatic carbocycles. The number of nitrogens with one attached hydrogen (secondary N) is 1. The number of carbonyl (C=O) groups is 1. The lowest BCUT2D eigenvalue weighted by Gasteiger charge is -2.35. The number of rotatable bonds is 4. The van der Waals surface area contributed by atoms with Crippen LogP contribution in [-0.2, 0) is 13.0 Å². The van der Waals surface area contributed by atoms with E-state index < -0.39 is 0 Å². The number of fused-ring (bicyclic) bond motifs is 1. The molecule has 7 nitrogen and oxygen atoms in total. The van der Waals surface area contributed by atoms with E-state index in [4.69, 9.17) is 0 Å². The Balaban J connectivity index is 1.67. The number of hydrogen-bond acceptors (Lipinski definition) is 4. The van der Waals surface area contributed by atoms with Crippen molar-refractivity contribution in [2.24, 2.45) is 5.92 Å². The summed E-state index contributed by atoms with van der Waals surface area (Å²) in [6, 6.07) is -0.0548. The van der Waals surface area contributed by atoms with E-state index in [1.54, 1.807) is 0 Å². The molecule has 1 fully saturated rings. The zero-order valence-corrected chi connectivity index (χ0v) is 14.5. The molecule has 3 rings (SSSR count). The van der Waals surface area contributed by atoms with Crippen LogP contribution in [0.3, 0.4) is 0 Å². The third-order valence-corrected chi connectivity index (χ3v) is 4.97. The van der Waals surface area contributed by atoms with Crippen LogP contribution >= 0.6 is 0 Å². The zero-order chi connectivity index (χ0) is 16.4. The number of piperazine rings is 1. The normalized spacial score (nSPS) is 19.9. The first-order valence-corrected chi connectivity index (χ1v) is 8.80. The summed E-state index contributed by atoms with van der Waals surface area (Å²) in [5.41, 5.74) is 0. The third-order valence-electron chi connectivity index (χ3n) is 4.97. The van der Waals surface area contributed by atoms with Gasteiger partial charge in [-0.3, -0.25) is 0 Å². The van der Waals surface area contributed by atoms with Crippen molar-refractivity contribution in [3.63, 3.8) is 0 Å². The molecule has 7 heteroatoms. The summed E-state index contributed by atoms with van der Waals surface area (Å²) in [4.78, 5) is 16.9. The molecule has 1 unspecified atom stereocenters. The summed E-state index contributed by atoms with van der Waals surface area (Å²) in [6.45, 7) is 11.9. The number of nitrogens with zero attached hydrogens (tertiary/aromatic N) is 5. The highest BCUT2D eigenvalue weighted by atomic mass is 16.2. The van der Waals surface area contributed by atoms with E-state index in [1.807, 2.05) is 4.90 Å². The first kappa shape index (κ1) is 16.2. The Labute approximate surface area is 138 Å². The van der Waals surface area contributed by atoms with Crippen LogP contribution in [0.5, 0.6) is 0 Å². The molecular formula is C16H28N6O. The highest BCUT2D eigenvalue weighted by molar-refractivity contribution is 5.74. The van der Waals surface area contributed by atoms with Gasteiger partial charge < -0.3 is 19.7 Å². The molecule has 0 spiro atoms. The van der Waals surface area contributed by atoms with Gasteiger partial charge in [-0.1, -0.05) is 20.8 Å². The van der Waals surface area contributed by atoms with Gasteiger partial charge in [0.15, 0.2) is 5.82 Å². The van der Waals surface area contributed by atoms with Gasteiger partial charge in [0.1, 0.15) is 5.82 Å². The van der Waals surface area contributed by atoms with Crippen LogP contribution in [-0.4, -0.2) is 63.3 Å². The van der Waals surface area contributed by atoms with Crippen LogP contribution < -0.4 is 5.32 Å². The van der Waals surface area contributed by atoms with Gasteiger partial charge >= 0.3 is 6.03 Å². The van der Waals surface area contributed by atoms with Gasteiger partial charge in [0, 0.05) is 39.1 Å². The number of aryl methyl sites for hydroxylation is 1. The predicted molar refractivity (Wildman–Crippen MR) is 88.1 cm³/mol. The van der Waals surface area contributed by atoms with Crippen molar-refractivity contribution in [2.75, 3.05) is 32.7 Å². The summed E-state index contributed by atoms with van der Waals surface area (Å²) < 4.78 is 2.18. The van der Waals surface area contributed by atoms with E-state index in [0.29, 0.717) is 0 Å². The van der Waals surface area contributed by atoms with Crippen LogP contribution in [0.15, 0.2) is 0 Å². The summed E-state index contributed by atoms with van der Waals surface area (Å²) >= 11 is 0. The number of carbonyl (C=O) groups excluding carboxylic acids is 1. The topological polar surface area (TPSA) is 66.3 Å². The molecule has 23 heavy (non-hydrogen) atoms.